The first-order chi connectivity index (χ1) is 13.5. The molecule has 1 N–H and O–H groups in total. The van der Waals surface area contributed by atoms with Crippen LogP contribution in [0.15, 0.2) is 18.2 Å². The van der Waals surface area contributed by atoms with Crippen LogP contribution in [-0.2, 0) is 4.79 Å². The van der Waals surface area contributed by atoms with Crippen molar-refractivity contribution in [2.45, 2.75) is 33.1 Å². The molecule has 2 aliphatic rings. The Morgan fingerprint density at radius 3 is 2.36 bits per heavy atom. The number of aromatic nitrogens is 1. The Morgan fingerprint density at radius 1 is 0.929 bits per heavy atom. The first kappa shape index (κ1) is 19.0. The molecule has 0 atom stereocenters. The predicted molar refractivity (Wildman–Crippen MR) is 111 cm³/mol. The number of piperidine rings is 1. The maximum absolute atomic E-state index is 13.1. The van der Waals surface area contributed by atoms with Gasteiger partial charge in [0, 0.05) is 50.3 Å². The van der Waals surface area contributed by atoms with Crippen molar-refractivity contribution in [1.29, 1.82) is 0 Å². The van der Waals surface area contributed by atoms with Gasteiger partial charge in [0.1, 0.15) is 0 Å². The molecular formula is C22H30N4O2. The second kappa shape index (κ2) is 7.95. The van der Waals surface area contributed by atoms with Crippen LogP contribution in [0.3, 0.4) is 0 Å². The number of amides is 2. The van der Waals surface area contributed by atoms with Gasteiger partial charge in [0.25, 0.3) is 5.91 Å². The zero-order valence-electron chi connectivity index (χ0n) is 17.0. The van der Waals surface area contributed by atoms with Crippen LogP contribution in [0.5, 0.6) is 0 Å². The summed E-state index contributed by atoms with van der Waals surface area (Å²) in [6.07, 6.45) is 3.48. The van der Waals surface area contributed by atoms with Gasteiger partial charge in [-0.2, -0.15) is 0 Å². The minimum atomic E-state index is 0.0776. The van der Waals surface area contributed by atoms with Gasteiger partial charge in [0.15, 0.2) is 0 Å². The first-order valence-corrected chi connectivity index (χ1v) is 10.4. The van der Waals surface area contributed by atoms with Crippen molar-refractivity contribution < 1.29 is 9.59 Å². The Kier molecular flexibility index (Phi) is 5.40. The Balaban J connectivity index is 1.38. The summed E-state index contributed by atoms with van der Waals surface area (Å²) in [5.74, 6) is 0.315. The van der Waals surface area contributed by atoms with E-state index in [0.29, 0.717) is 19.6 Å². The molecule has 0 saturated carbocycles. The van der Waals surface area contributed by atoms with Crippen LogP contribution in [0.4, 0.5) is 0 Å². The molecule has 4 rings (SSSR count). The summed E-state index contributed by atoms with van der Waals surface area (Å²) in [5.41, 5.74) is 3.98. The Bertz CT molecular complexity index is 874. The van der Waals surface area contributed by atoms with E-state index in [1.165, 1.54) is 12.0 Å². The third-order valence-electron chi connectivity index (χ3n) is 6.30. The third kappa shape index (κ3) is 3.65. The van der Waals surface area contributed by atoms with Crippen molar-refractivity contribution in [3.8, 4) is 0 Å². The molecule has 28 heavy (non-hydrogen) atoms. The number of para-hydroxylation sites is 1. The fourth-order valence-corrected chi connectivity index (χ4v) is 4.37. The summed E-state index contributed by atoms with van der Waals surface area (Å²) < 4.78 is 0. The van der Waals surface area contributed by atoms with E-state index in [-0.39, 0.29) is 11.8 Å². The summed E-state index contributed by atoms with van der Waals surface area (Å²) in [6.45, 7) is 9.25. The van der Waals surface area contributed by atoms with Crippen molar-refractivity contribution in [1.82, 2.24) is 19.7 Å². The normalized spacial score (nSPS) is 18.6. The van der Waals surface area contributed by atoms with Gasteiger partial charge in [0.2, 0.25) is 5.91 Å². The molecule has 2 fully saturated rings. The average Bonchev–Trinajstić information content (AvgIpc) is 3.03. The van der Waals surface area contributed by atoms with E-state index in [4.69, 9.17) is 0 Å². The predicted octanol–water partition coefficient (Wildman–Crippen LogP) is 2.56. The standard InChI is InChI=1S/C22H30N4O2/c1-16-17(2)23-21-18(16)7-6-8-19(21)22(28)26-13-11-24(12-14-26)15-20(27)25-9-4-3-5-10-25/h6-8,23H,3-5,9-15H2,1-2H3. The maximum Gasteiger partial charge on any atom is 0.256 e. The molecule has 0 spiro atoms. The van der Waals surface area contributed by atoms with Gasteiger partial charge in [-0.15, -0.1) is 0 Å². The van der Waals surface area contributed by atoms with Crippen LogP contribution in [0.1, 0.15) is 40.9 Å². The third-order valence-corrected chi connectivity index (χ3v) is 6.30. The molecule has 0 unspecified atom stereocenters. The topological polar surface area (TPSA) is 59.7 Å². The fraction of sp³-hybridized carbons (Fsp3) is 0.545. The van der Waals surface area contributed by atoms with Gasteiger partial charge in [-0.3, -0.25) is 14.5 Å². The van der Waals surface area contributed by atoms with Crippen LogP contribution in [0.2, 0.25) is 0 Å². The van der Waals surface area contributed by atoms with Gasteiger partial charge in [0.05, 0.1) is 17.6 Å². The lowest BCUT2D eigenvalue weighted by atomic mass is 10.1. The van der Waals surface area contributed by atoms with Gasteiger partial charge in [-0.05, 0) is 44.7 Å². The minimum Gasteiger partial charge on any atom is -0.358 e. The quantitative estimate of drug-likeness (QED) is 0.888. The van der Waals surface area contributed by atoms with Crippen LogP contribution in [-0.4, -0.2) is 77.3 Å². The number of likely N-dealkylation sites (tertiary alicyclic amines) is 1. The lowest BCUT2D eigenvalue weighted by Crippen LogP contribution is -2.52. The molecule has 3 heterocycles. The molecular weight excluding hydrogens is 352 g/mol. The number of hydrogen-bond donors (Lipinski definition) is 1. The van der Waals surface area contributed by atoms with Crippen LogP contribution >= 0.6 is 0 Å². The molecule has 2 aliphatic heterocycles. The molecule has 2 saturated heterocycles. The highest BCUT2D eigenvalue weighted by Gasteiger charge is 2.26. The van der Waals surface area contributed by atoms with Gasteiger partial charge in [-0.25, -0.2) is 0 Å². The molecule has 2 aromatic rings. The largest absolute Gasteiger partial charge is 0.358 e. The second-order valence-corrected chi connectivity index (χ2v) is 8.11. The van der Waals surface area contributed by atoms with Crippen molar-refractivity contribution in [3.63, 3.8) is 0 Å². The average molecular weight is 383 g/mol. The lowest BCUT2D eigenvalue weighted by molar-refractivity contribution is -0.133. The smallest absolute Gasteiger partial charge is 0.256 e. The van der Waals surface area contributed by atoms with E-state index >= 15 is 0 Å². The highest BCUT2D eigenvalue weighted by atomic mass is 16.2. The Morgan fingerprint density at radius 2 is 1.64 bits per heavy atom. The van der Waals surface area contributed by atoms with Crippen LogP contribution in [0.25, 0.3) is 10.9 Å². The summed E-state index contributed by atoms with van der Waals surface area (Å²) in [6, 6.07) is 5.94. The van der Waals surface area contributed by atoms with E-state index in [0.717, 1.165) is 61.2 Å². The number of piperazine rings is 1. The molecule has 0 aliphatic carbocycles. The highest BCUT2D eigenvalue weighted by Crippen LogP contribution is 2.25. The maximum atomic E-state index is 13.1. The van der Waals surface area contributed by atoms with Crippen molar-refractivity contribution in [2.24, 2.45) is 0 Å². The fourth-order valence-electron chi connectivity index (χ4n) is 4.37. The second-order valence-electron chi connectivity index (χ2n) is 8.11. The molecule has 6 heteroatoms. The van der Waals surface area contributed by atoms with Gasteiger partial charge < -0.3 is 14.8 Å². The molecule has 0 radical (unpaired) electrons. The number of benzene rings is 1. The molecule has 2 amide bonds. The number of hydrogen-bond acceptors (Lipinski definition) is 3. The number of nitrogens with one attached hydrogen (secondary N) is 1. The Labute approximate surface area is 166 Å². The summed E-state index contributed by atoms with van der Waals surface area (Å²) in [7, 11) is 0. The summed E-state index contributed by atoms with van der Waals surface area (Å²) in [5, 5.41) is 1.12. The highest BCUT2D eigenvalue weighted by molar-refractivity contribution is 6.06. The first-order valence-electron chi connectivity index (χ1n) is 10.4. The number of nitrogens with zero attached hydrogens (tertiary/aromatic N) is 3. The van der Waals surface area contributed by atoms with E-state index in [1.54, 1.807) is 0 Å². The zero-order valence-corrected chi connectivity index (χ0v) is 17.0. The van der Waals surface area contributed by atoms with E-state index in [2.05, 4.69) is 22.9 Å². The van der Waals surface area contributed by atoms with Crippen molar-refractivity contribution in [2.75, 3.05) is 45.8 Å². The van der Waals surface area contributed by atoms with Crippen molar-refractivity contribution in [3.05, 3.63) is 35.0 Å². The van der Waals surface area contributed by atoms with E-state index in [1.807, 2.05) is 28.9 Å². The minimum absolute atomic E-state index is 0.0776. The summed E-state index contributed by atoms with van der Waals surface area (Å²) >= 11 is 0. The number of aryl methyl sites for hydroxylation is 2. The SMILES string of the molecule is Cc1[nH]c2c(C(=O)N3CCN(CC(=O)N4CCCCC4)CC3)cccc2c1C. The number of carbonyl (C=O) groups excluding carboxylic acids is 2. The molecule has 150 valence electrons. The number of aromatic amines is 1. The summed E-state index contributed by atoms with van der Waals surface area (Å²) in [4.78, 5) is 35.1. The Hall–Kier alpha value is -2.34. The van der Waals surface area contributed by atoms with Crippen LogP contribution < -0.4 is 0 Å². The number of carbonyl (C=O) groups is 2. The van der Waals surface area contributed by atoms with Crippen molar-refractivity contribution >= 4 is 22.7 Å². The van der Waals surface area contributed by atoms with E-state index < -0.39 is 0 Å². The lowest BCUT2D eigenvalue weighted by Gasteiger charge is -2.36. The number of fused-ring (bicyclic) bond motifs is 1. The molecule has 1 aromatic carbocycles. The molecule has 0 bridgehead atoms. The van der Waals surface area contributed by atoms with E-state index in [9.17, 15) is 9.59 Å². The zero-order chi connectivity index (χ0) is 19.7. The van der Waals surface area contributed by atoms with Gasteiger partial charge in [-0.1, -0.05) is 12.1 Å². The monoisotopic (exact) mass is 382 g/mol. The number of H-pyrrole nitrogens is 1. The van der Waals surface area contributed by atoms with Gasteiger partial charge >= 0.3 is 0 Å². The number of rotatable bonds is 3. The van der Waals surface area contributed by atoms with Crippen LogP contribution in [0, 0.1) is 13.8 Å². The molecule has 1 aromatic heterocycles. The molecule has 6 nitrogen and oxygen atoms in total.